The highest BCUT2D eigenvalue weighted by Crippen LogP contribution is 2.40. The number of benzene rings is 1. The standard InChI is InChI=1S/C25H29F2N3O4/c1-14-8-9-19(23(31)28-14)29(4)24(32)21-16(3)30(15(2)17-10-12-33-13-11-17)18-6-5-7-20(22(18)21)34-25(26)27/h5-9,15,17,25H,10-13H2,1-4H3,(H,28,31). The molecule has 1 fully saturated rings. The summed E-state index contributed by atoms with van der Waals surface area (Å²) < 4.78 is 38.9. The van der Waals surface area contributed by atoms with E-state index >= 15 is 0 Å². The van der Waals surface area contributed by atoms with Gasteiger partial charge in [0, 0.05) is 37.7 Å². The number of alkyl halides is 2. The van der Waals surface area contributed by atoms with Gasteiger partial charge in [0.25, 0.3) is 11.5 Å². The van der Waals surface area contributed by atoms with Crippen LogP contribution in [0.5, 0.6) is 5.75 Å². The van der Waals surface area contributed by atoms with Crippen molar-refractivity contribution in [2.75, 3.05) is 25.2 Å². The summed E-state index contributed by atoms with van der Waals surface area (Å²) in [5.41, 5.74) is 1.95. The van der Waals surface area contributed by atoms with E-state index in [2.05, 4.69) is 11.9 Å². The van der Waals surface area contributed by atoms with Crippen molar-refractivity contribution in [1.82, 2.24) is 9.55 Å². The molecule has 1 saturated heterocycles. The monoisotopic (exact) mass is 473 g/mol. The molecule has 1 atom stereocenters. The molecule has 0 spiro atoms. The Morgan fingerprint density at radius 1 is 1.21 bits per heavy atom. The first-order valence-electron chi connectivity index (χ1n) is 11.3. The Kier molecular flexibility index (Phi) is 6.74. The maximum absolute atomic E-state index is 13.8. The van der Waals surface area contributed by atoms with E-state index in [1.54, 1.807) is 25.1 Å². The average Bonchev–Trinajstić information content (AvgIpc) is 3.10. The molecule has 1 aliphatic rings. The number of hydrogen-bond donors (Lipinski definition) is 1. The van der Waals surface area contributed by atoms with Crippen LogP contribution in [0.15, 0.2) is 35.1 Å². The van der Waals surface area contributed by atoms with Crippen LogP contribution in [0.2, 0.25) is 0 Å². The summed E-state index contributed by atoms with van der Waals surface area (Å²) in [6, 6.07) is 8.17. The molecule has 0 bridgehead atoms. The number of aromatic nitrogens is 2. The van der Waals surface area contributed by atoms with Crippen molar-refractivity contribution in [3.63, 3.8) is 0 Å². The second-order valence-electron chi connectivity index (χ2n) is 8.77. The van der Waals surface area contributed by atoms with Crippen molar-refractivity contribution in [2.24, 2.45) is 5.92 Å². The minimum absolute atomic E-state index is 0.00262. The number of pyridine rings is 1. The SMILES string of the molecule is Cc1ccc(N(C)C(=O)c2c(C)n(C(C)C3CCOCC3)c3cccc(OC(F)F)c23)c(=O)[nH]1. The zero-order valence-electron chi connectivity index (χ0n) is 19.7. The van der Waals surface area contributed by atoms with Gasteiger partial charge in [0.2, 0.25) is 0 Å². The number of anilines is 1. The summed E-state index contributed by atoms with van der Waals surface area (Å²) >= 11 is 0. The topological polar surface area (TPSA) is 76.6 Å². The Bertz CT molecular complexity index is 1260. The number of fused-ring (bicyclic) bond motifs is 1. The lowest BCUT2D eigenvalue weighted by Crippen LogP contribution is -2.32. The second kappa shape index (κ2) is 9.58. The quantitative estimate of drug-likeness (QED) is 0.557. The van der Waals surface area contributed by atoms with Crippen molar-refractivity contribution in [2.45, 2.75) is 46.3 Å². The van der Waals surface area contributed by atoms with Gasteiger partial charge in [0.15, 0.2) is 0 Å². The number of ether oxygens (including phenoxy) is 2. The largest absolute Gasteiger partial charge is 0.434 e. The first-order valence-corrected chi connectivity index (χ1v) is 11.3. The summed E-state index contributed by atoms with van der Waals surface area (Å²) in [5.74, 6) is -0.230. The lowest BCUT2D eigenvalue weighted by Gasteiger charge is -2.30. The number of aromatic amines is 1. The first kappa shape index (κ1) is 23.9. The van der Waals surface area contributed by atoms with Crippen molar-refractivity contribution in [3.8, 4) is 5.75 Å². The van der Waals surface area contributed by atoms with Gasteiger partial charge in [0.1, 0.15) is 11.4 Å². The van der Waals surface area contributed by atoms with E-state index in [1.807, 2.05) is 17.6 Å². The van der Waals surface area contributed by atoms with Gasteiger partial charge in [-0.3, -0.25) is 9.59 Å². The molecular formula is C25H29F2N3O4. The van der Waals surface area contributed by atoms with Crippen LogP contribution >= 0.6 is 0 Å². The van der Waals surface area contributed by atoms with E-state index in [4.69, 9.17) is 9.47 Å². The summed E-state index contributed by atoms with van der Waals surface area (Å²) in [6.45, 7) is 3.92. The molecule has 0 saturated carbocycles. The van der Waals surface area contributed by atoms with Gasteiger partial charge in [-0.05, 0) is 63.8 Å². The normalized spacial score (nSPS) is 15.6. The number of aryl methyl sites for hydroxylation is 1. The minimum Gasteiger partial charge on any atom is -0.434 e. The number of nitrogens with zero attached hydrogens (tertiary/aromatic N) is 2. The first-order chi connectivity index (χ1) is 16.2. The predicted octanol–water partition coefficient (Wildman–Crippen LogP) is 4.81. The Labute approximate surface area is 196 Å². The molecule has 7 nitrogen and oxygen atoms in total. The van der Waals surface area contributed by atoms with Gasteiger partial charge in [-0.1, -0.05) is 6.07 Å². The number of hydrogen-bond acceptors (Lipinski definition) is 4. The van der Waals surface area contributed by atoms with E-state index in [0.717, 1.165) is 12.8 Å². The van der Waals surface area contributed by atoms with E-state index < -0.39 is 18.1 Å². The Morgan fingerprint density at radius 2 is 1.91 bits per heavy atom. The molecule has 2 aromatic heterocycles. The molecule has 1 unspecified atom stereocenters. The third-order valence-electron chi connectivity index (χ3n) is 6.72. The second-order valence-corrected chi connectivity index (χ2v) is 8.77. The number of nitrogens with one attached hydrogen (secondary N) is 1. The summed E-state index contributed by atoms with van der Waals surface area (Å²) in [4.78, 5) is 30.2. The van der Waals surface area contributed by atoms with Crippen LogP contribution in [0.3, 0.4) is 0 Å². The third-order valence-corrected chi connectivity index (χ3v) is 6.72. The van der Waals surface area contributed by atoms with Crippen molar-refractivity contribution >= 4 is 22.5 Å². The summed E-state index contributed by atoms with van der Waals surface area (Å²) in [5, 5.41) is 0.319. The molecule has 1 aliphatic heterocycles. The van der Waals surface area contributed by atoms with Crippen molar-refractivity contribution in [1.29, 1.82) is 0 Å². The number of carbonyl (C=O) groups excluding carboxylic acids is 1. The van der Waals surface area contributed by atoms with Crippen molar-refractivity contribution in [3.05, 3.63) is 57.6 Å². The van der Waals surface area contributed by atoms with Crippen molar-refractivity contribution < 1.29 is 23.0 Å². The lowest BCUT2D eigenvalue weighted by atomic mass is 9.92. The molecule has 1 amide bonds. The predicted molar refractivity (Wildman–Crippen MR) is 126 cm³/mol. The highest BCUT2D eigenvalue weighted by Gasteiger charge is 2.31. The van der Waals surface area contributed by atoms with Crippen LogP contribution in [-0.2, 0) is 4.74 Å². The van der Waals surface area contributed by atoms with Gasteiger partial charge in [0.05, 0.1) is 16.5 Å². The molecule has 3 heterocycles. The molecule has 34 heavy (non-hydrogen) atoms. The van der Waals surface area contributed by atoms with Crippen LogP contribution in [0, 0.1) is 19.8 Å². The van der Waals surface area contributed by atoms with Gasteiger partial charge >= 0.3 is 6.61 Å². The third kappa shape index (κ3) is 4.32. The number of rotatable bonds is 6. The fourth-order valence-corrected chi connectivity index (χ4v) is 4.95. The van der Waals surface area contributed by atoms with Gasteiger partial charge in [-0.2, -0.15) is 8.78 Å². The zero-order valence-corrected chi connectivity index (χ0v) is 19.7. The fourth-order valence-electron chi connectivity index (χ4n) is 4.95. The highest BCUT2D eigenvalue weighted by atomic mass is 19.3. The minimum atomic E-state index is -3.04. The molecule has 1 aromatic carbocycles. The number of H-pyrrole nitrogens is 1. The molecule has 0 radical (unpaired) electrons. The summed E-state index contributed by atoms with van der Waals surface area (Å²) in [7, 11) is 1.50. The van der Waals surface area contributed by atoms with Crippen LogP contribution in [-0.4, -0.2) is 42.3 Å². The Morgan fingerprint density at radius 3 is 2.56 bits per heavy atom. The number of halogens is 2. The highest BCUT2D eigenvalue weighted by molar-refractivity contribution is 6.16. The Balaban J connectivity index is 1.90. The molecule has 0 aliphatic carbocycles. The Hall–Kier alpha value is -3.20. The molecule has 4 rings (SSSR count). The van der Waals surface area contributed by atoms with Crippen LogP contribution in [0.4, 0.5) is 14.5 Å². The maximum Gasteiger partial charge on any atom is 0.387 e. The molecule has 1 N–H and O–H groups in total. The van der Waals surface area contributed by atoms with Crippen LogP contribution in [0.25, 0.3) is 10.9 Å². The zero-order chi connectivity index (χ0) is 24.6. The van der Waals surface area contributed by atoms with E-state index in [-0.39, 0.29) is 23.0 Å². The van der Waals surface area contributed by atoms with Gasteiger partial charge in [-0.25, -0.2) is 0 Å². The van der Waals surface area contributed by atoms with E-state index in [9.17, 15) is 18.4 Å². The average molecular weight is 474 g/mol. The lowest BCUT2D eigenvalue weighted by molar-refractivity contribution is -0.0488. The van der Waals surface area contributed by atoms with Gasteiger partial charge < -0.3 is 23.9 Å². The number of carbonyl (C=O) groups is 1. The molecule has 9 heteroatoms. The fraction of sp³-hybridized carbons (Fsp3) is 0.440. The van der Waals surface area contributed by atoms with Crippen LogP contribution in [0.1, 0.15) is 47.6 Å². The molecule has 3 aromatic rings. The molecule has 182 valence electrons. The van der Waals surface area contributed by atoms with E-state index in [0.29, 0.717) is 41.4 Å². The van der Waals surface area contributed by atoms with E-state index in [1.165, 1.54) is 18.0 Å². The van der Waals surface area contributed by atoms with Crippen LogP contribution < -0.4 is 15.2 Å². The smallest absolute Gasteiger partial charge is 0.387 e. The summed E-state index contributed by atoms with van der Waals surface area (Å²) in [6.07, 6.45) is 1.74. The molecular weight excluding hydrogens is 444 g/mol. The number of amides is 1. The maximum atomic E-state index is 13.8. The van der Waals surface area contributed by atoms with Gasteiger partial charge in [-0.15, -0.1) is 0 Å².